The first-order valence-electron chi connectivity index (χ1n) is 11.2. The van der Waals surface area contributed by atoms with Crippen LogP contribution in [0.5, 0.6) is 5.75 Å². The van der Waals surface area contributed by atoms with Crippen LogP contribution in [0, 0.1) is 5.82 Å². The Morgan fingerprint density at radius 1 is 1.25 bits per heavy atom. The fraction of sp³-hybridized carbons (Fsp3) is 0.333. The Kier molecular flexibility index (Phi) is 6.73. The molecule has 3 heterocycles. The number of aromatic nitrogens is 1. The highest BCUT2D eigenvalue weighted by Gasteiger charge is 2.44. The summed E-state index contributed by atoms with van der Waals surface area (Å²) in [5.74, 6) is -0.894. The van der Waals surface area contributed by atoms with E-state index in [2.05, 4.69) is 5.16 Å². The number of piperidine rings is 1. The molecule has 190 valence electrons. The molecule has 2 aromatic carbocycles. The van der Waals surface area contributed by atoms with Crippen LogP contribution in [0.1, 0.15) is 12.1 Å². The highest BCUT2D eigenvalue weighted by atomic mass is 35.5. The lowest BCUT2D eigenvalue weighted by molar-refractivity contribution is -0.134. The second-order valence-corrected chi connectivity index (χ2v) is 11.0. The molecule has 3 aromatic rings. The van der Waals surface area contributed by atoms with Gasteiger partial charge in [0.25, 0.3) is 5.91 Å². The van der Waals surface area contributed by atoms with Crippen LogP contribution in [-0.2, 0) is 25.3 Å². The van der Waals surface area contributed by atoms with Crippen molar-refractivity contribution in [3.05, 3.63) is 65.3 Å². The number of nitrogens with zero attached hydrogens (tertiary/aromatic N) is 3. The van der Waals surface area contributed by atoms with Gasteiger partial charge in [-0.25, -0.2) is 12.8 Å². The Hall–Kier alpha value is -2.99. The van der Waals surface area contributed by atoms with Gasteiger partial charge in [-0.1, -0.05) is 28.9 Å². The number of sulfonamides is 1. The zero-order chi connectivity index (χ0) is 25.4. The molecule has 0 N–H and O–H groups in total. The lowest BCUT2D eigenvalue weighted by Crippen LogP contribution is -2.62. The number of carbonyl (C=O) groups excluding carboxylic acids is 1. The van der Waals surface area contributed by atoms with Crippen LogP contribution in [0.25, 0.3) is 11.1 Å². The number of halogens is 2. The number of hydrogen-bond acceptors (Lipinski definition) is 7. The number of methoxy groups -OCH3 is 1. The minimum Gasteiger partial charge on any atom is -0.495 e. The van der Waals surface area contributed by atoms with Crippen LogP contribution in [0.15, 0.2) is 53.3 Å². The van der Waals surface area contributed by atoms with Gasteiger partial charge in [0.2, 0.25) is 10.0 Å². The number of morpholine rings is 1. The normalized spacial score (nSPS) is 20.9. The van der Waals surface area contributed by atoms with E-state index in [1.165, 1.54) is 40.8 Å². The second kappa shape index (κ2) is 9.81. The first-order chi connectivity index (χ1) is 17.3. The lowest BCUT2D eigenvalue weighted by atomic mass is 9.97. The van der Waals surface area contributed by atoms with Gasteiger partial charge in [0, 0.05) is 35.8 Å². The number of ether oxygens (including phenoxy) is 2. The quantitative estimate of drug-likeness (QED) is 0.476. The predicted octanol–water partition coefficient (Wildman–Crippen LogP) is 3.48. The standard InChI is InChI=1S/C24H23ClFN3O6S/c1-33-22-10-18(15-3-2-4-16(25)9-15)19(26)11-21(22)29-20-5-7-28(12-23(20)34-13-24(29)30)36(31,32)14-17-6-8-35-27-17/h2-4,6,8-11,20,23H,5,7,12-14H2,1H3/t20-,23-/m0/s1. The summed E-state index contributed by atoms with van der Waals surface area (Å²) in [4.78, 5) is 14.4. The molecule has 2 atom stereocenters. The summed E-state index contributed by atoms with van der Waals surface area (Å²) in [6.45, 7) is -0.0426. The number of hydrogen-bond donors (Lipinski definition) is 0. The summed E-state index contributed by atoms with van der Waals surface area (Å²) in [7, 11) is -2.24. The van der Waals surface area contributed by atoms with Crippen LogP contribution in [0.2, 0.25) is 5.02 Å². The van der Waals surface area contributed by atoms with Gasteiger partial charge < -0.3 is 18.9 Å². The molecule has 2 aliphatic heterocycles. The molecular weight excluding hydrogens is 513 g/mol. The summed E-state index contributed by atoms with van der Waals surface area (Å²) in [5, 5.41) is 4.14. The third-order valence-corrected chi connectivity index (χ3v) is 8.40. The Bertz CT molecular complexity index is 1380. The van der Waals surface area contributed by atoms with Crippen LogP contribution in [0.3, 0.4) is 0 Å². The maximum atomic E-state index is 15.3. The van der Waals surface area contributed by atoms with E-state index in [1.54, 1.807) is 24.3 Å². The summed E-state index contributed by atoms with van der Waals surface area (Å²) in [6, 6.07) is 10.6. The molecule has 5 rings (SSSR count). The van der Waals surface area contributed by atoms with E-state index in [9.17, 15) is 13.2 Å². The van der Waals surface area contributed by atoms with Gasteiger partial charge in [-0.3, -0.25) is 4.79 Å². The lowest BCUT2D eigenvalue weighted by Gasteiger charge is -2.46. The van der Waals surface area contributed by atoms with Crippen LogP contribution < -0.4 is 9.64 Å². The van der Waals surface area contributed by atoms with Crippen molar-refractivity contribution in [2.75, 3.05) is 31.7 Å². The number of anilines is 1. The van der Waals surface area contributed by atoms with Crippen molar-refractivity contribution in [1.82, 2.24) is 9.46 Å². The van der Waals surface area contributed by atoms with Crippen molar-refractivity contribution >= 4 is 33.2 Å². The van der Waals surface area contributed by atoms with Crippen LogP contribution in [-0.4, -0.2) is 62.7 Å². The average molecular weight is 536 g/mol. The Labute approximate surface area is 212 Å². The molecule has 9 nitrogen and oxygen atoms in total. The number of amides is 1. The van der Waals surface area contributed by atoms with Gasteiger partial charge >= 0.3 is 0 Å². The average Bonchev–Trinajstić information content (AvgIpc) is 3.36. The highest BCUT2D eigenvalue weighted by Crippen LogP contribution is 2.40. The zero-order valence-corrected chi connectivity index (χ0v) is 20.8. The molecule has 2 fully saturated rings. The first kappa shape index (κ1) is 24.7. The number of benzene rings is 2. The van der Waals surface area contributed by atoms with Crippen LogP contribution >= 0.6 is 11.6 Å². The largest absolute Gasteiger partial charge is 0.495 e. The van der Waals surface area contributed by atoms with Crippen molar-refractivity contribution in [1.29, 1.82) is 0 Å². The molecule has 0 bridgehead atoms. The molecule has 2 saturated heterocycles. The Morgan fingerprint density at radius 3 is 2.81 bits per heavy atom. The predicted molar refractivity (Wildman–Crippen MR) is 130 cm³/mol. The Morgan fingerprint density at radius 2 is 2.08 bits per heavy atom. The molecule has 12 heteroatoms. The van der Waals surface area contributed by atoms with Gasteiger partial charge in [-0.2, -0.15) is 4.31 Å². The van der Waals surface area contributed by atoms with Crippen molar-refractivity contribution in [3.8, 4) is 16.9 Å². The van der Waals surface area contributed by atoms with Crippen molar-refractivity contribution in [2.45, 2.75) is 24.3 Å². The second-order valence-electron chi connectivity index (χ2n) is 8.59. The van der Waals surface area contributed by atoms with Crippen molar-refractivity contribution < 1.29 is 31.6 Å². The minimum absolute atomic E-state index is 0.0556. The molecule has 0 spiro atoms. The molecule has 1 amide bonds. The SMILES string of the molecule is COc1cc(-c2cccc(Cl)c2)c(F)cc1N1C(=O)CO[C@H]2CN(S(=O)(=O)Cc3ccon3)CC[C@@H]21. The molecule has 0 saturated carbocycles. The molecule has 0 aliphatic carbocycles. The van der Waals surface area contributed by atoms with Gasteiger partial charge in [-0.05, 0) is 30.2 Å². The monoisotopic (exact) mass is 535 g/mol. The first-order valence-corrected chi connectivity index (χ1v) is 13.2. The molecular formula is C24H23ClFN3O6S. The minimum atomic E-state index is -3.68. The van der Waals surface area contributed by atoms with E-state index >= 15 is 4.39 Å². The van der Waals surface area contributed by atoms with Crippen molar-refractivity contribution in [2.24, 2.45) is 0 Å². The number of rotatable bonds is 6. The third kappa shape index (κ3) is 4.71. The van der Waals surface area contributed by atoms with E-state index < -0.39 is 28.0 Å². The molecule has 0 unspecified atom stereocenters. The van der Waals surface area contributed by atoms with E-state index in [0.29, 0.717) is 28.5 Å². The number of fused-ring (bicyclic) bond motifs is 1. The summed E-state index contributed by atoms with van der Waals surface area (Å²) in [6.07, 6.45) is 1.02. The molecule has 0 radical (unpaired) electrons. The van der Waals surface area contributed by atoms with E-state index in [0.717, 1.165) is 0 Å². The van der Waals surface area contributed by atoms with Gasteiger partial charge in [-0.15, -0.1) is 0 Å². The van der Waals surface area contributed by atoms with Gasteiger partial charge in [0.05, 0.1) is 30.6 Å². The fourth-order valence-electron chi connectivity index (χ4n) is 4.70. The van der Waals surface area contributed by atoms with E-state index in [-0.39, 0.29) is 42.6 Å². The smallest absolute Gasteiger partial charge is 0.253 e. The molecule has 36 heavy (non-hydrogen) atoms. The van der Waals surface area contributed by atoms with Gasteiger partial charge in [0.1, 0.15) is 30.2 Å². The maximum absolute atomic E-state index is 15.3. The Balaban J connectivity index is 1.43. The molecule has 2 aliphatic rings. The third-order valence-electron chi connectivity index (χ3n) is 6.39. The highest BCUT2D eigenvalue weighted by molar-refractivity contribution is 7.88. The van der Waals surface area contributed by atoms with E-state index in [1.807, 2.05) is 0 Å². The maximum Gasteiger partial charge on any atom is 0.253 e. The summed E-state index contributed by atoms with van der Waals surface area (Å²) < 4.78 is 58.5. The molecule has 1 aromatic heterocycles. The topological polar surface area (TPSA) is 102 Å². The fourth-order valence-corrected chi connectivity index (χ4v) is 6.35. The summed E-state index contributed by atoms with van der Waals surface area (Å²) in [5.41, 5.74) is 1.42. The van der Waals surface area contributed by atoms with E-state index in [4.69, 9.17) is 25.6 Å². The van der Waals surface area contributed by atoms with Crippen LogP contribution in [0.4, 0.5) is 10.1 Å². The van der Waals surface area contributed by atoms with Gasteiger partial charge in [0.15, 0.2) is 0 Å². The zero-order valence-electron chi connectivity index (χ0n) is 19.3. The van der Waals surface area contributed by atoms with Crippen molar-refractivity contribution in [3.63, 3.8) is 0 Å². The number of carbonyl (C=O) groups is 1. The summed E-state index contributed by atoms with van der Waals surface area (Å²) >= 11 is 6.08.